The normalized spacial score (nSPS) is 10.5. The molecule has 10 nitrogen and oxygen atoms in total. The number of nitrogens with two attached hydrogens (primary N) is 1. The maximum absolute atomic E-state index is 12.8. The van der Waals surface area contributed by atoms with Crippen molar-refractivity contribution in [3.8, 4) is 5.75 Å². The van der Waals surface area contributed by atoms with Gasteiger partial charge in [0.1, 0.15) is 18.1 Å². The van der Waals surface area contributed by atoms with Crippen LogP contribution in [-0.4, -0.2) is 40.3 Å². The van der Waals surface area contributed by atoms with E-state index in [4.69, 9.17) is 38.8 Å². The molecule has 0 aliphatic rings. The Kier molecular flexibility index (Phi) is 8.57. The average Bonchev–Trinajstić information content (AvgIpc) is 3.10. The number of benzene rings is 2. The highest BCUT2D eigenvalue weighted by atomic mass is 35.5. The molecule has 0 spiro atoms. The van der Waals surface area contributed by atoms with Crippen LogP contribution in [0, 0.1) is 6.92 Å². The minimum Gasteiger partial charge on any atom is -0.487 e. The van der Waals surface area contributed by atoms with E-state index in [1.165, 1.54) is 18.2 Å². The Bertz CT molecular complexity index is 1340. The number of H-pyrrole nitrogens is 1. The summed E-state index contributed by atoms with van der Waals surface area (Å²) in [4.78, 5) is 50.2. The van der Waals surface area contributed by atoms with Gasteiger partial charge in [-0.2, -0.15) is 0 Å². The lowest BCUT2D eigenvalue weighted by atomic mass is 10.1. The van der Waals surface area contributed by atoms with Crippen LogP contribution in [0.5, 0.6) is 5.75 Å². The van der Waals surface area contributed by atoms with Crippen LogP contribution in [0.4, 0.5) is 5.69 Å². The summed E-state index contributed by atoms with van der Waals surface area (Å²) in [5, 5.41) is 14.2. The largest absolute Gasteiger partial charge is 0.487 e. The Morgan fingerprint density at radius 3 is 2.42 bits per heavy atom. The van der Waals surface area contributed by atoms with Crippen LogP contribution in [-0.2, 0) is 11.4 Å². The molecular weight excluding hydrogens is 511 g/mol. The summed E-state index contributed by atoms with van der Waals surface area (Å²) in [6, 6.07) is 10.8. The molecule has 3 aromatic rings. The van der Waals surface area contributed by atoms with E-state index in [0.717, 1.165) is 0 Å². The highest BCUT2D eigenvalue weighted by molar-refractivity contribution is 6.44. The summed E-state index contributed by atoms with van der Waals surface area (Å²) >= 11 is 12.2. The maximum atomic E-state index is 12.8. The summed E-state index contributed by atoms with van der Waals surface area (Å²) in [6.07, 6.45) is -0.196. The fraction of sp³-hybridized carbons (Fsp3) is 0.167. The van der Waals surface area contributed by atoms with E-state index in [1.54, 1.807) is 31.2 Å². The van der Waals surface area contributed by atoms with Gasteiger partial charge in [-0.1, -0.05) is 35.3 Å². The minimum atomic E-state index is -1.02. The van der Waals surface area contributed by atoms with Crippen LogP contribution >= 0.6 is 23.2 Å². The van der Waals surface area contributed by atoms with Gasteiger partial charge in [0.2, 0.25) is 5.91 Å². The number of aryl methyl sites for hydroxylation is 1. The number of aromatic nitrogens is 1. The van der Waals surface area contributed by atoms with Crippen LogP contribution in [0.3, 0.4) is 0 Å². The predicted molar refractivity (Wildman–Crippen MR) is 134 cm³/mol. The van der Waals surface area contributed by atoms with Gasteiger partial charge in [-0.25, -0.2) is 0 Å². The molecule has 0 radical (unpaired) electrons. The summed E-state index contributed by atoms with van der Waals surface area (Å²) < 4.78 is 5.86. The first kappa shape index (κ1) is 26.6. The summed E-state index contributed by atoms with van der Waals surface area (Å²) in [6.45, 7) is 1.64. The molecule has 0 aliphatic heterocycles. The van der Waals surface area contributed by atoms with Crippen LogP contribution in [0.15, 0.2) is 42.5 Å². The van der Waals surface area contributed by atoms with E-state index in [2.05, 4.69) is 15.6 Å². The lowest BCUT2D eigenvalue weighted by Crippen LogP contribution is -2.26. The zero-order chi connectivity index (χ0) is 26.4. The average molecular weight is 533 g/mol. The number of rotatable bonds is 10. The summed E-state index contributed by atoms with van der Waals surface area (Å²) in [7, 11) is 0. The Morgan fingerprint density at radius 1 is 1.03 bits per heavy atom. The zero-order valence-corrected chi connectivity index (χ0v) is 20.5. The molecule has 12 heteroatoms. The van der Waals surface area contributed by atoms with E-state index < -0.39 is 23.7 Å². The molecule has 3 rings (SSSR count). The molecule has 36 heavy (non-hydrogen) atoms. The smallest absolute Gasteiger partial charge is 0.305 e. The molecule has 1 aromatic heterocycles. The molecule has 0 fully saturated rings. The minimum absolute atomic E-state index is 0.00652. The van der Waals surface area contributed by atoms with Crippen molar-refractivity contribution < 1.29 is 29.0 Å². The Labute approximate surface area is 215 Å². The van der Waals surface area contributed by atoms with Crippen molar-refractivity contribution in [3.63, 3.8) is 0 Å². The number of carboxylic acid groups (broad SMARTS) is 1. The molecule has 0 saturated carbocycles. The number of carbonyl (C=O) groups excluding carboxylic acids is 3. The fourth-order valence-corrected chi connectivity index (χ4v) is 3.58. The number of primary amides is 1. The molecule has 188 valence electrons. The van der Waals surface area contributed by atoms with Crippen molar-refractivity contribution >= 4 is 52.6 Å². The van der Waals surface area contributed by atoms with Gasteiger partial charge in [0, 0.05) is 23.4 Å². The highest BCUT2D eigenvalue weighted by Crippen LogP contribution is 2.31. The number of carboxylic acids is 1. The lowest BCUT2D eigenvalue weighted by molar-refractivity contribution is -0.136. The fourth-order valence-electron chi connectivity index (χ4n) is 3.16. The van der Waals surface area contributed by atoms with Gasteiger partial charge in [0.05, 0.1) is 22.2 Å². The second-order valence-corrected chi connectivity index (χ2v) is 8.43. The van der Waals surface area contributed by atoms with Crippen molar-refractivity contribution in [2.75, 3.05) is 11.9 Å². The van der Waals surface area contributed by atoms with Gasteiger partial charge < -0.3 is 31.2 Å². The van der Waals surface area contributed by atoms with E-state index in [1.807, 2.05) is 0 Å². The van der Waals surface area contributed by atoms with Crippen molar-refractivity contribution in [1.82, 2.24) is 10.3 Å². The number of amides is 3. The van der Waals surface area contributed by atoms with Crippen LogP contribution in [0.2, 0.25) is 10.0 Å². The quantitative estimate of drug-likeness (QED) is 0.266. The molecule has 0 aliphatic carbocycles. The molecule has 6 N–H and O–H groups in total. The first-order chi connectivity index (χ1) is 17.1. The van der Waals surface area contributed by atoms with Gasteiger partial charge in [-0.05, 0) is 42.8 Å². The molecule has 1 heterocycles. The molecule has 0 atom stereocenters. The van der Waals surface area contributed by atoms with Crippen LogP contribution < -0.4 is 21.1 Å². The lowest BCUT2D eigenvalue weighted by Gasteiger charge is -2.14. The second kappa shape index (κ2) is 11.6. The maximum Gasteiger partial charge on any atom is 0.305 e. The summed E-state index contributed by atoms with van der Waals surface area (Å²) in [5.74, 6) is -2.56. The van der Waals surface area contributed by atoms with E-state index >= 15 is 0 Å². The number of carbonyl (C=O) groups is 4. The predicted octanol–water partition coefficient (Wildman–Crippen LogP) is 3.76. The number of ether oxygens (including phenoxy) is 1. The van der Waals surface area contributed by atoms with Crippen LogP contribution in [0.1, 0.15) is 48.9 Å². The van der Waals surface area contributed by atoms with Gasteiger partial charge in [0.25, 0.3) is 11.8 Å². The monoisotopic (exact) mass is 532 g/mol. The number of nitrogens with one attached hydrogen (secondary N) is 3. The molecule has 0 unspecified atom stereocenters. The van der Waals surface area contributed by atoms with Crippen molar-refractivity contribution in [1.29, 1.82) is 0 Å². The molecule has 0 bridgehead atoms. The highest BCUT2D eigenvalue weighted by Gasteiger charge is 2.20. The Balaban J connectivity index is 1.78. The molecule has 0 saturated heterocycles. The summed E-state index contributed by atoms with van der Waals surface area (Å²) in [5.41, 5.74) is 7.30. The molecule has 3 amide bonds. The number of anilines is 1. The SMILES string of the molecule is Cc1[nH]c(C(=O)Nc2ccc(C(N)=O)cc2OCc2cccc(C(=O)NCCC(=O)O)c2)c(Cl)c1Cl. The van der Waals surface area contributed by atoms with Gasteiger partial charge >= 0.3 is 5.97 Å². The number of hydrogen-bond acceptors (Lipinski definition) is 5. The van der Waals surface area contributed by atoms with Crippen molar-refractivity contribution in [3.05, 3.63) is 80.6 Å². The van der Waals surface area contributed by atoms with E-state index in [-0.39, 0.29) is 52.3 Å². The standard InChI is InChI=1S/C24H22Cl2N4O6/c1-12-19(25)20(26)21(29-12)24(35)30-16-6-5-14(22(27)33)10-17(16)36-11-13-3-2-4-15(9-13)23(34)28-8-7-18(31)32/h2-6,9-10,29H,7-8,11H2,1H3,(H2,27,33)(H,28,34)(H,30,35)(H,31,32). The van der Waals surface area contributed by atoms with E-state index in [0.29, 0.717) is 16.8 Å². The molecular formula is C24H22Cl2N4O6. The number of halogens is 2. The van der Waals surface area contributed by atoms with Crippen molar-refractivity contribution in [2.45, 2.75) is 20.0 Å². The van der Waals surface area contributed by atoms with Gasteiger partial charge in [0.15, 0.2) is 0 Å². The number of aliphatic carboxylic acids is 1. The zero-order valence-electron chi connectivity index (χ0n) is 19.0. The number of aromatic amines is 1. The Morgan fingerprint density at radius 2 is 1.78 bits per heavy atom. The Hall–Kier alpha value is -4.02. The third-order valence-electron chi connectivity index (χ3n) is 5.00. The molecule has 2 aromatic carbocycles. The topological polar surface area (TPSA) is 164 Å². The van der Waals surface area contributed by atoms with E-state index in [9.17, 15) is 19.2 Å². The first-order valence-corrected chi connectivity index (χ1v) is 11.3. The van der Waals surface area contributed by atoms with Crippen molar-refractivity contribution in [2.24, 2.45) is 5.73 Å². The number of hydrogen-bond donors (Lipinski definition) is 5. The third-order valence-corrected chi connectivity index (χ3v) is 5.95. The van der Waals surface area contributed by atoms with Crippen LogP contribution in [0.25, 0.3) is 0 Å². The van der Waals surface area contributed by atoms with Gasteiger partial charge in [-0.3, -0.25) is 19.2 Å². The second-order valence-electron chi connectivity index (χ2n) is 7.67. The third kappa shape index (κ3) is 6.55. The van der Waals surface area contributed by atoms with Gasteiger partial charge in [-0.15, -0.1) is 0 Å². The first-order valence-electron chi connectivity index (χ1n) is 10.6.